The summed E-state index contributed by atoms with van der Waals surface area (Å²) in [5.74, 6) is 0.607. The summed E-state index contributed by atoms with van der Waals surface area (Å²) >= 11 is 9.07. The number of amides is 1. The molecule has 1 aromatic rings. The normalized spacial score (nSPS) is 18.1. The van der Waals surface area contributed by atoms with Crippen molar-refractivity contribution < 1.29 is 14.3 Å². The van der Waals surface area contributed by atoms with Crippen LogP contribution in [-0.2, 0) is 4.74 Å². The summed E-state index contributed by atoms with van der Waals surface area (Å²) in [5.41, 5.74) is -0.485. The summed E-state index contributed by atoms with van der Waals surface area (Å²) < 4.78 is 11.6. The molecule has 0 bridgehead atoms. The van der Waals surface area contributed by atoms with E-state index in [0.717, 1.165) is 6.42 Å². The van der Waals surface area contributed by atoms with Crippen molar-refractivity contribution in [1.82, 2.24) is 9.88 Å². The number of aromatic nitrogens is 1. The van der Waals surface area contributed by atoms with Crippen molar-refractivity contribution in [3.8, 4) is 5.75 Å². The first-order chi connectivity index (χ1) is 9.76. The highest BCUT2D eigenvalue weighted by Crippen LogP contribution is 2.27. The smallest absolute Gasteiger partial charge is 0.410 e. The first kappa shape index (κ1) is 16.4. The third-order valence-electron chi connectivity index (χ3n) is 2.98. The number of carbonyl (C=O) groups excluding carboxylic acids is 1. The zero-order valence-corrected chi connectivity index (χ0v) is 14.6. The maximum absolute atomic E-state index is 12.0. The molecule has 2 heterocycles. The zero-order valence-electron chi connectivity index (χ0n) is 12.2. The van der Waals surface area contributed by atoms with Crippen LogP contribution in [0.15, 0.2) is 16.7 Å². The predicted molar refractivity (Wildman–Crippen MR) is 83.8 cm³/mol. The van der Waals surface area contributed by atoms with Gasteiger partial charge in [-0.05, 0) is 55.3 Å². The summed E-state index contributed by atoms with van der Waals surface area (Å²) in [5, 5.41) is 0.397. The molecule has 116 valence electrons. The molecule has 0 N–H and O–H groups in total. The van der Waals surface area contributed by atoms with Gasteiger partial charge in [-0.3, -0.25) is 0 Å². The molecule has 1 aromatic heterocycles. The topological polar surface area (TPSA) is 51.7 Å². The second kappa shape index (κ2) is 6.40. The van der Waals surface area contributed by atoms with Gasteiger partial charge in [0.2, 0.25) is 0 Å². The Morgan fingerprint density at radius 3 is 2.76 bits per heavy atom. The van der Waals surface area contributed by atoms with Gasteiger partial charge in [0.15, 0.2) is 5.75 Å². The Kier molecular flexibility index (Phi) is 4.99. The molecule has 0 aromatic carbocycles. The molecule has 0 saturated carbocycles. The molecule has 7 heteroatoms. The van der Waals surface area contributed by atoms with Gasteiger partial charge in [0.25, 0.3) is 0 Å². The van der Waals surface area contributed by atoms with Crippen LogP contribution in [-0.4, -0.2) is 40.8 Å². The van der Waals surface area contributed by atoms with Crippen LogP contribution >= 0.6 is 27.5 Å². The Balaban J connectivity index is 1.88. The van der Waals surface area contributed by atoms with E-state index in [0.29, 0.717) is 28.7 Å². The van der Waals surface area contributed by atoms with E-state index in [1.54, 1.807) is 17.0 Å². The maximum Gasteiger partial charge on any atom is 0.410 e. The van der Waals surface area contributed by atoms with Gasteiger partial charge in [-0.15, -0.1) is 0 Å². The molecule has 1 aliphatic heterocycles. The van der Waals surface area contributed by atoms with Crippen LogP contribution in [0.4, 0.5) is 4.79 Å². The standard InChI is InChI=1S/C14H18BrClN2O3/c1-14(2,3)21-13(19)18-7-6-9(18)8-20-10-4-5-11(16)17-12(10)15/h4-5,9H,6-8H2,1-3H3/t9-/m0/s1. The Morgan fingerprint density at radius 1 is 1.52 bits per heavy atom. The van der Waals surface area contributed by atoms with Gasteiger partial charge in [-0.25, -0.2) is 9.78 Å². The minimum Gasteiger partial charge on any atom is -0.489 e. The lowest BCUT2D eigenvalue weighted by Crippen LogP contribution is -2.55. The van der Waals surface area contributed by atoms with Gasteiger partial charge >= 0.3 is 6.09 Å². The number of ether oxygens (including phenoxy) is 2. The van der Waals surface area contributed by atoms with Gasteiger partial charge in [0, 0.05) is 6.54 Å². The van der Waals surface area contributed by atoms with Crippen LogP contribution in [0.5, 0.6) is 5.75 Å². The minimum absolute atomic E-state index is 0.0300. The predicted octanol–water partition coefficient (Wildman–Crippen LogP) is 3.89. The van der Waals surface area contributed by atoms with E-state index < -0.39 is 5.60 Å². The number of hydrogen-bond donors (Lipinski definition) is 0. The second-order valence-corrected chi connectivity index (χ2v) is 6.99. The first-order valence-electron chi connectivity index (χ1n) is 6.71. The number of carbonyl (C=O) groups is 1. The van der Waals surface area contributed by atoms with E-state index in [4.69, 9.17) is 21.1 Å². The van der Waals surface area contributed by atoms with Crippen molar-refractivity contribution in [3.05, 3.63) is 21.9 Å². The fraction of sp³-hybridized carbons (Fsp3) is 0.571. The highest BCUT2D eigenvalue weighted by Gasteiger charge is 2.35. The lowest BCUT2D eigenvalue weighted by atomic mass is 10.1. The quantitative estimate of drug-likeness (QED) is 0.750. The van der Waals surface area contributed by atoms with Crippen LogP contribution in [0.2, 0.25) is 5.15 Å². The molecule has 0 unspecified atom stereocenters. The van der Waals surface area contributed by atoms with Gasteiger partial charge in [0.1, 0.15) is 22.0 Å². The molecule has 1 amide bonds. The third-order valence-corrected chi connectivity index (χ3v) is 3.76. The van der Waals surface area contributed by atoms with Crippen LogP contribution < -0.4 is 4.74 Å². The average Bonchev–Trinajstić information content (AvgIpc) is 2.27. The number of halogens is 2. The van der Waals surface area contributed by atoms with Crippen LogP contribution in [0.1, 0.15) is 27.2 Å². The van der Waals surface area contributed by atoms with Crippen molar-refractivity contribution in [2.24, 2.45) is 0 Å². The SMILES string of the molecule is CC(C)(C)OC(=O)N1CC[C@H]1COc1ccc(Cl)nc1Br. The maximum atomic E-state index is 12.0. The van der Waals surface area contributed by atoms with E-state index in [9.17, 15) is 4.79 Å². The number of nitrogens with zero attached hydrogens (tertiary/aromatic N) is 2. The Bertz CT molecular complexity index is 533. The highest BCUT2D eigenvalue weighted by molar-refractivity contribution is 9.10. The van der Waals surface area contributed by atoms with Crippen LogP contribution in [0.25, 0.3) is 0 Å². The third kappa shape index (κ3) is 4.48. The summed E-state index contributed by atoms with van der Waals surface area (Å²) in [6.45, 7) is 6.66. The molecule has 0 aliphatic carbocycles. The van der Waals surface area contributed by atoms with Crippen molar-refractivity contribution in [2.45, 2.75) is 38.8 Å². The van der Waals surface area contributed by atoms with E-state index in [1.165, 1.54) is 0 Å². The van der Waals surface area contributed by atoms with Crippen molar-refractivity contribution in [3.63, 3.8) is 0 Å². The minimum atomic E-state index is -0.485. The molecule has 1 aliphatic rings. The van der Waals surface area contributed by atoms with Crippen molar-refractivity contribution >= 4 is 33.6 Å². The lowest BCUT2D eigenvalue weighted by Gasteiger charge is -2.41. The number of hydrogen-bond acceptors (Lipinski definition) is 4. The van der Waals surface area contributed by atoms with Gasteiger partial charge in [-0.1, -0.05) is 11.6 Å². The largest absolute Gasteiger partial charge is 0.489 e. The van der Waals surface area contributed by atoms with E-state index in [2.05, 4.69) is 20.9 Å². The second-order valence-electron chi connectivity index (χ2n) is 5.85. The fourth-order valence-electron chi connectivity index (χ4n) is 1.87. The van der Waals surface area contributed by atoms with E-state index >= 15 is 0 Å². The zero-order chi connectivity index (χ0) is 15.6. The highest BCUT2D eigenvalue weighted by atomic mass is 79.9. The number of likely N-dealkylation sites (tertiary alicyclic amines) is 1. The molecule has 5 nitrogen and oxygen atoms in total. The molecule has 21 heavy (non-hydrogen) atoms. The summed E-state index contributed by atoms with van der Waals surface area (Å²) in [6.07, 6.45) is 0.605. The van der Waals surface area contributed by atoms with E-state index in [-0.39, 0.29) is 12.1 Å². The molecule has 0 spiro atoms. The molecular weight excluding hydrogens is 360 g/mol. The Morgan fingerprint density at radius 2 is 2.24 bits per heavy atom. The average molecular weight is 378 g/mol. The van der Waals surface area contributed by atoms with Crippen molar-refractivity contribution in [2.75, 3.05) is 13.2 Å². The van der Waals surface area contributed by atoms with E-state index in [1.807, 2.05) is 20.8 Å². The first-order valence-corrected chi connectivity index (χ1v) is 7.88. The number of pyridine rings is 1. The molecule has 2 rings (SSSR count). The monoisotopic (exact) mass is 376 g/mol. The molecule has 1 atom stereocenters. The van der Waals surface area contributed by atoms with Crippen molar-refractivity contribution in [1.29, 1.82) is 0 Å². The molecule has 1 fully saturated rings. The lowest BCUT2D eigenvalue weighted by molar-refractivity contribution is -0.0142. The van der Waals surface area contributed by atoms with Gasteiger partial charge < -0.3 is 14.4 Å². The fourth-order valence-corrected chi connectivity index (χ4v) is 2.56. The molecule has 1 saturated heterocycles. The summed E-state index contributed by atoms with van der Waals surface area (Å²) in [7, 11) is 0. The van der Waals surface area contributed by atoms with Crippen LogP contribution in [0.3, 0.4) is 0 Å². The summed E-state index contributed by atoms with van der Waals surface area (Å²) in [4.78, 5) is 17.7. The Hall–Kier alpha value is -1.01. The molecular formula is C14H18BrClN2O3. The molecule has 0 radical (unpaired) electrons. The number of rotatable bonds is 3. The van der Waals surface area contributed by atoms with Gasteiger partial charge in [-0.2, -0.15) is 0 Å². The van der Waals surface area contributed by atoms with Gasteiger partial charge in [0.05, 0.1) is 6.04 Å². The van der Waals surface area contributed by atoms with Crippen LogP contribution in [0, 0.1) is 0 Å². The summed E-state index contributed by atoms with van der Waals surface area (Å²) in [6, 6.07) is 3.44. The Labute approximate surface area is 137 Å².